The third-order valence-corrected chi connectivity index (χ3v) is 5.94. The smallest absolute Gasteiger partial charge is 0.328 e. The van der Waals surface area contributed by atoms with Crippen molar-refractivity contribution >= 4 is 33.7 Å². The van der Waals surface area contributed by atoms with Crippen molar-refractivity contribution in [2.75, 3.05) is 7.11 Å². The number of amides is 1. The molecule has 5 aromatic rings. The summed E-state index contributed by atoms with van der Waals surface area (Å²) < 4.78 is 6.80. The van der Waals surface area contributed by atoms with Crippen LogP contribution in [0.25, 0.3) is 21.8 Å². The van der Waals surface area contributed by atoms with Gasteiger partial charge in [-0.1, -0.05) is 66.7 Å². The van der Waals surface area contributed by atoms with E-state index in [1.165, 1.54) is 7.11 Å². The van der Waals surface area contributed by atoms with Gasteiger partial charge >= 0.3 is 5.97 Å². The van der Waals surface area contributed by atoms with Gasteiger partial charge in [-0.2, -0.15) is 5.10 Å². The van der Waals surface area contributed by atoms with Gasteiger partial charge in [-0.25, -0.2) is 4.79 Å². The topological polar surface area (TPSA) is 89.0 Å². The Hall–Kier alpha value is -4.39. The van der Waals surface area contributed by atoms with Crippen molar-refractivity contribution in [1.82, 2.24) is 20.1 Å². The zero-order chi connectivity index (χ0) is 23.5. The molecule has 1 atom stereocenters. The number of carbonyl (C=O) groups is 2. The fourth-order valence-corrected chi connectivity index (χ4v) is 4.25. The lowest BCUT2D eigenvalue weighted by atomic mass is 10.0. The summed E-state index contributed by atoms with van der Waals surface area (Å²) >= 11 is 0. The summed E-state index contributed by atoms with van der Waals surface area (Å²) in [6, 6.07) is 24.5. The number of esters is 1. The number of hydrogen-bond donors (Lipinski definition) is 2. The van der Waals surface area contributed by atoms with E-state index in [1.54, 1.807) is 0 Å². The number of nitrogens with one attached hydrogen (secondary N) is 2. The predicted molar refractivity (Wildman–Crippen MR) is 131 cm³/mol. The van der Waals surface area contributed by atoms with Gasteiger partial charge in [0.2, 0.25) is 0 Å². The summed E-state index contributed by atoms with van der Waals surface area (Å²) in [5.74, 6) is -0.926. The minimum absolute atomic E-state index is 0.277. The Morgan fingerprint density at radius 3 is 2.47 bits per heavy atom. The Bertz CT molecular complexity index is 1470. The lowest BCUT2D eigenvalue weighted by Crippen LogP contribution is -2.43. The van der Waals surface area contributed by atoms with Gasteiger partial charge in [0.05, 0.1) is 19.2 Å². The molecule has 34 heavy (non-hydrogen) atoms. The molecule has 0 aliphatic heterocycles. The number of fused-ring (bicyclic) bond motifs is 2. The highest BCUT2D eigenvalue weighted by atomic mass is 16.5. The third-order valence-electron chi connectivity index (χ3n) is 5.94. The molecule has 2 heterocycles. The average Bonchev–Trinajstić information content (AvgIpc) is 3.45. The van der Waals surface area contributed by atoms with Crippen LogP contribution >= 0.6 is 0 Å². The lowest BCUT2D eigenvalue weighted by molar-refractivity contribution is -0.142. The van der Waals surface area contributed by atoms with E-state index in [0.717, 1.165) is 32.9 Å². The first-order chi connectivity index (χ1) is 16.6. The minimum Gasteiger partial charge on any atom is -0.467 e. The molecule has 2 aromatic heterocycles. The number of hydrogen-bond acceptors (Lipinski definition) is 4. The van der Waals surface area contributed by atoms with Crippen molar-refractivity contribution in [1.29, 1.82) is 0 Å². The van der Waals surface area contributed by atoms with Crippen molar-refractivity contribution in [2.24, 2.45) is 0 Å². The second-order valence-corrected chi connectivity index (χ2v) is 8.12. The van der Waals surface area contributed by atoms with Crippen LogP contribution in [0.15, 0.2) is 85.1 Å². The van der Waals surface area contributed by atoms with Crippen LogP contribution in [0, 0.1) is 0 Å². The first-order valence-corrected chi connectivity index (χ1v) is 11.1. The van der Waals surface area contributed by atoms with E-state index in [1.807, 2.05) is 89.7 Å². The molecule has 0 saturated carbocycles. The molecule has 1 amide bonds. The van der Waals surface area contributed by atoms with E-state index in [4.69, 9.17) is 4.74 Å². The molecule has 170 valence electrons. The van der Waals surface area contributed by atoms with Crippen molar-refractivity contribution in [2.45, 2.75) is 19.0 Å². The number of para-hydroxylation sites is 2. The maximum Gasteiger partial charge on any atom is 0.328 e. The highest BCUT2D eigenvalue weighted by molar-refractivity contribution is 6.06. The number of nitrogens with zero attached hydrogens (tertiary/aromatic N) is 2. The lowest BCUT2D eigenvalue weighted by Gasteiger charge is -2.15. The van der Waals surface area contributed by atoms with E-state index in [9.17, 15) is 9.59 Å². The monoisotopic (exact) mass is 452 g/mol. The van der Waals surface area contributed by atoms with Crippen LogP contribution in [0.4, 0.5) is 0 Å². The number of benzene rings is 3. The van der Waals surface area contributed by atoms with Crippen LogP contribution in [-0.2, 0) is 22.5 Å². The normalized spacial score (nSPS) is 12.0. The van der Waals surface area contributed by atoms with Crippen molar-refractivity contribution < 1.29 is 14.3 Å². The molecule has 7 heteroatoms. The highest BCUT2D eigenvalue weighted by Gasteiger charge is 2.26. The van der Waals surface area contributed by atoms with Crippen LogP contribution in [0.2, 0.25) is 0 Å². The number of H-pyrrole nitrogens is 1. The first kappa shape index (κ1) is 21.5. The molecule has 3 aromatic carbocycles. The molecule has 0 aliphatic carbocycles. The van der Waals surface area contributed by atoms with Crippen LogP contribution in [0.5, 0.6) is 0 Å². The summed E-state index contributed by atoms with van der Waals surface area (Å²) in [6.45, 7) is 0.532. The molecule has 5 rings (SSSR count). The van der Waals surface area contributed by atoms with Crippen LogP contribution in [-0.4, -0.2) is 39.8 Å². The Morgan fingerprint density at radius 1 is 0.971 bits per heavy atom. The second-order valence-electron chi connectivity index (χ2n) is 8.12. The summed E-state index contributed by atoms with van der Waals surface area (Å²) in [7, 11) is 1.32. The van der Waals surface area contributed by atoms with E-state index < -0.39 is 17.9 Å². The number of ether oxygens (including phenoxy) is 1. The molecule has 0 radical (unpaired) electrons. The maximum absolute atomic E-state index is 13.3. The number of aromatic amines is 1. The molecule has 2 N–H and O–H groups in total. The van der Waals surface area contributed by atoms with Crippen LogP contribution in [0.3, 0.4) is 0 Å². The van der Waals surface area contributed by atoms with Gasteiger partial charge in [-0.15, -0.1) is 0 Å². The molecule has 7 nitrogen and oxygen atoms in total. The second kappa shape index (κ2) is 9.23. The summed E-state index contributed by atoms with van der Waals surface area (Å²) in [5, 5.41) is 9.20. The Kier molecular flexibility index (Phi) is 5.82. The fraction of sp³-hybridized carbons (Fsp3) is 0.148. The van der Waals surface area contributed by atoms with Crippen LogP contribution in [0.1, 0.15) is 21.6 Å². The molecule has 0 bridgehead atoms. The quantitative estimate of drug-likeness (QED) is 0.364. The van der Waals surface area contributed by atoms with Crippen LogP contribution < -0.4 is 5.32 Å². The van der Waals surface area contributed by atoms with E-state index >= 15 is 0 Å². The van der Waals surface area contributed by atoms with Gasteiger partial charge in [0.1, 0.15) is 6.04 Å². The molecule has 0 aliphatic rings. The largest absolute Gasteiger partial charge is 0.467 e. The molecule has 0 spiro atoms. The summed E-state index contributed by atoms with van der Waals surface area (Å²) in [5.41, 5.74) is 4.10. The Labute approximate surface area is 196 Å². The average molecular weight is 453 g/mol. The van der Waals surface area contributed by atoms with Gasteiger partial charge in [0.15, 0.2) is 5.69 Å². The van der Waals surface area contributed by atoms with Gasteiger partial charge < -0.3 is 15.0 Å². The predicted octanol–water partition coefficient (Wildman–Crippen LogP) is 4.08. The van der Waals surface area contributed by atoms with E-state index in [0.29, 0.717) is 13.0 Å². The Morgan fingerprint density at radius 2 is 1.68 bits per heavy atom. The van der Waals surface area contributed by atoms with Crippen molar-refractivity contribution in [3.8, 4) is 0 Å². The number of carbonyl (C=O) groups excluding carboxylic acids is 2. The van der Waals surface area contributed by atoms with Gasteiger partial charge in [0, 0.05) is 28.9 Å². The van der Waals surface area contributed by atoms with Gasteiger partial charge in [-0.05, 0) is 23.3 Å². The maximum atomic E-state index is 13.3. The fourth-order valence-electron chi connectivity index (χ4n) is 4.25. The molecule has 1 unspecified atom stereocenters. The molecule has 0 saturated heterocycles. The molecular weight excluding hydrogens is 428 g/mol. The zero-order valence-corrected chi connectivity index (χ0v) is 18.7. The zero-order valence-electron chi connectivity index (χ0n) is 18.7. The Balaban J connectivity index is 1.44. The number of rotatable bonds is 7. The van der Waals surface area contributed by atoms with Crippen molar-refractivity contribution in [3.05, 3.63) is 102 Å². The number of methoxy groups -OCH3 is 1. The third kappa shape index (κ3) is 4.15. The van der Waals surface area contributed by atoms with Gasteiger partial charge in [-0.3, -0.25) is 9.48 Å². The molecular formula is C27H24N4O3. The van der Waals surface area contributed by atoms with Gasteiger partial charge in [0.25, 0.3) is 5.91 Å². The standard InChI is InChI=1S/C27H24N4O3/c1-34-27(33)23(15-19-16-28-22-13-7-5-11-20(19)22)29-26(32)25-21-12-6-8-14-24(21)31(30-25)17-18-9-3-2-4-10-18/h2-14,16,23,28H,15,17H2,1H3,(H,29,32). The summed E-state index contributed by atoms with van der Waals surface area (Å²) in [6.07, 6.45) is 2.15. The van der Waals surface area contributed by atoms with E-state index in [-0.39, 0.29) is 5.69 Å². The minimum atomic E-state index is -0.852. The van der Waals surface area contributed by atoms with Crippen molar-refractivity contribution in [3.63, 3.8) is 0 Å². The SMILES string of the molecule is COC(=O)C(Cc1c[nH]c2ccccc12)NC(=O)c1nn(Cc2ccccc2)c2ccccc12. The first-order valence-electron chi connectivity index (χ1n) is 11.1. The molecule has 0 fully saturated rings. The highest BCUT2D eigenvalue weighted by Crippen LogP contribution is 2.22. The van der Waals surface area contributed by atoms with E-state index in [2.05, 4.69) is 15.4 Å². The summed E-state index contributed by atoms with van der Waals surface area (Å²) in [4.78, 5) is 29.1. The number of aromatic nitrogens is 3.